The molecule has 0 radical (unpaired) electrons. The topological polar surface area (TPSA) is 63.6 Å². The van der Waals surface area contributed by atoms with Crippen molar-refractivity contribution in [3.05, 3.63) is 58.3 Å². The van der Waals surface area contributed by atoms with E-state index in [1.165, 1.54) is 12.1 Å². The highest BCUT2D eigenvalue weighted by Gasteiger charge is 2.40. The number of aliphatic hydroxyl groups is 1. The van der Waals surface area contributed by atoms with Gasteiger partial charge in [-0.1, -0.05) is 28.4 Å². The van der Waals surface area contributed by atoms with Crippen LogP contribution in [-0.4, -0.2) is 26.7 Å². The molecular weight excluding hydrogens is 423 g/mol. The molecule has 140 valence electrons. The van der Waals surface area contributed by atoms with E-state index in [1.807, 2.05) is 0 Å². The van der Waals surface area contributed by atoms with Crippen LogP contribution >= 0.6 is 15.9 Å². The Morgan fingerprint density at radius 1 is 1.15 bits per heavy atom. The van der Waals surface area contributed by atoms with Crippen LogP contribution in [0.1, 0.15) is 30.1 Å². The lowest BCUT2D eigenvalue weighted by Crippen LogP contribution is -2.31. The molecular formula is C19H20BrFO4S. The summed E-state index contributed by atoms with van der Waals surface area (Å²) in [5.41, 5.74) is 0.623. The summed E-state index contributed by atoms with van der Waals surface area (Å²) in [6.07, 6.45) is 1.96. The molecule has 7 heteroatoms. The van der Waals surface area contributed by atoms with Crippen molar-refractivity contribution in [2.45, 2.75) is 29.4 Å². The predicted octanol–water partition coefficient (Wildman–Crippen LogP) is 4.27. The Hall–Kier alpha value is -1.44. The zero-order valence-corrected chi connectivity index (χ0v) is 16.5. The number of unbranched alkanes of at least 4 members (excludes halogenated alkanes) is 1. The van der Waals surface area contributed by atoms with Crippen molar-refractivity contribution < 1.29 is 22.7 Å². The minimum absolute atomic E-state index is 0.0759. The number of benzene rings is 2. The molecule has 26 heavy (non-hydrogen) atoms. The number of halogens is 2. The molecule has 0 bridgehead atoms. The van der Waals surface area contributed by atoms with E-state index in [1.54, 1.807) is 18.2 Å². The second-order valence-corrected chi connectivity index (χ2v) is 9.38. The summed E-state index contributed by atoms with van der Waals surface area (Å²) in [6.45, 7) is 0.368. The fourth-order valence-corrected chi connectivity index (χ4v) is 5.75. The molecule has 3 rings (SSSR count). The average Bonchev–Trinajstić information content (AvgIpc) is 2.62. The molecule has 0 fully saturated rings. The number of aliphatic hydroxyl groups excluding tert-OH is 1. The van der Waals surface area contributed by atoms with Gasteiger partial charge in [-0.15, -0.1) is 0 Å². The minimum atomic E-state index is -3.72. The van der Waals surface area contributed by atoms with E-state index >= 15 is 0 Å². The molecule has 0 aliphatic carbocycles. The third kappa shape index (κ3) is 3.94. The molecule has 0 saturated heterocycles. The summed E-state index contributed by atoms with van der Waals surface area (Å²) < 4.78 is 46.6. The maximum atomic E-state index is 13.4. The zero-order chi connectivity index (χ0) is 18.7. The van der Waals surface area contributed by atoms with Gasteiger partial charge in [0.25, 0.3) is 0 Å². The Morgan fingerprint density at radius 3 is 2.58 bits per heavy atom. The van der Waals surface area contributed by atoms with Crippen molar-refractivity contribution >= 4 is 25.8 Å². The molecule has 2 aromatic carbocycles. The molecule has 2 aromatic rings. The van der Waals surface area contributed by atoms with Crippen LogP contribution < -0.4 is 4.74 Å². The van der Waals surface area contributed by atoms with Gasteiger partial charge in [0, 0.05) is 22.6 Å². The lowest BCUT2D eigenvalue weighted by Gasteiger charge is -2.33. The van der Waals surface area contributed by atoms with E-state index in [4.69, 9.17) is 9.84 Å². The Kier molecular flexibility index (Phi) is 5.99. The first-order valence-corrected chi connectivity index (χ1v) is 10.8. The average molecular weight is 443 g/mol. The van der Waals surface area contributed by atoms with Crippen molar-refractivity contribution in [3.63, 3.8) is 0 Å². The van der Waals surface area contributed by atoms with Crippen LogP contribution in [0, 0.1) is 11.7 Å². The van der Waals surface area contributed by atoms with Gasteiger partial charge in [0.05, 0.1) is 11.5 Å². The van der Waals surface area contributed by atoms with Gasteiger partial charge in [0.2, 0.25) is 0 Å². The van der Waals surface area contributed by atoms with Crippen LogP contribution in [0.2, 0.25) is 0 Å². The quantitative estimate of drug-likeness (QED) is 0.535. The smallest absolute Gasteiger partial charge is 0.185 e. The van der Waals surface area contributed by atoms with Gasteiger partial charge in [-0.3, -0.25) is 0 Å². The number of ether oxygens (including phenoxy) is 1. The van der Waals surface area contributed by atoms with Gasteiger partial charge in [-0.2, -0.15) is 0 Å². The maximum absolute atomic E-state index is 13.4. The Labute approximate surface area is 161 Å². The highest BCUT2D eigenvalue weighted by molar-refractivity contribution is 9.10. The Bertz CT molecular complexity index is 868. The molecule has 2 unspecified atom stereocenters. The third-order valence-electron chi connectivity index (χ3n) is 4.62. The first-order valence-electron chi connectivity index (χ1n) is 8.46. The Morgan fingerprint density at radius 2 is 1.88 bits per heavy atom. The number of fused-ring (bicyclic) bond motifs is 1. The first-order chi connectivity index (χ1) is 12.4. The van der Waals surface area contributed by atoms with Gasteiger partial charge < -0.3 is 9.84 Å². The summed E-state index contributed by atoms with van der Waals surface area (Å²) in [6, 6.07) is 10.3. The van der Waals surface area contributed by atoms with Crippen molar-refractivity contribution in [2.75, 3.05) is 13.2 Å². The van der Waals surface area contributed by atoms with Crippen LogP contribution in [0.3, 0.4) is 0 Å². The van der Waals surface area contributed by atoms with Gasteiger partial charge in [-0.05, 0) is 49.2 Å². The minimum Gasteiger partial charge on any atom is -0.493 e. The normalized spacial score (nSPS) is 19.7. The summed E-state index contributed by atoms with van der Waals surface area (Å²) in [5.74, 6) is -0.154. The maximum Gasteiger partial charge on any atom is 0.185 e. The van der Waals surface area contributed by atoms with Crippen molar-refractivity contribution in [1.29, 1.82) is 0 Å². The number of hydrogen-bond donors (Lipinski definition) is 1. The lowest BCUT2D eigenvalue weighted by molar-refractivity contribution is 0.199. The summed E-state index contributed by atoms with van der Waals surface area (Å²) in [7, 11) is -3.72. The summed E-state index contributed by atoms with van der Waals surface area (Å²) in [5, 5.41) is 8.26. The number of sulfone groups is 1. The Balaban J connectivity index is 2.04. The first kappa shape index (κ1) is 19.3. The second-order valence-electron chi connectivity index (χ2n) is 6.39. The van der Waals surface area contributed by atoms with Crippen LogP contribution in [0.5, 0.6) is 5.75 Å². The molecule has 4 nitrogen and oxygen atoms in total. The van der Waals surface area contributed by atoms with Gasteiger partial charge in [0.15, 0.2) is 9.84 Å². The molecule has 0 spiro atoms. The van der Waals surface area contributed by atoms with E-state index in [9.17, 15) is 12.8 Å². The van der Waals surface area contributed by atoms with Crippen LogP contribution in [0.15, 0.2) is 51.8 Å². The van der Waals surface area contributed by atoms with Crippen LogP contribution in [-0.2, 0) is 9.84 Å². The van der Waals surface area contributed by atoms with Gasteiger partial charge >= 0.3 is 0 Å². The highest BCUT2D eigenvalue weighted by Crippen LogP contribution is 2.45. The SMILES string of the molecule is O=S(=O)(c1ccc(F)cc1)C1c2ccc(Br)cc2OCC1CCCCO. The number of hydrogen-bond acceptors (Lipinski definition) is 4. The largest absolute Gasteiger partial charge is 0.493 e. The molecule has 0 saturated carbocycles. The van der Waals surface area contributed by atoms with Gasteiger partial charge in [0.1, 0.15) is 16.8 Å². The molecule has 0 aromatic heterocycles. The fraction of sp³-hybridized carbons (Fsp3) is 0.368. The van der Waals surface area contributed by atoms with E-state index in [-0.39, 0.29) is 17.4 Å². The second kappa shape index (κ2) is 8.06. The molecule has 1 heterocycles. The third-order valence-corrected chi connectivity index (χ3v) is 7.35. The zero-order valence-electron chi connectivity index (χ0n) is 14.1. The van der Waals surface area contributed by atoms with Crippen LogP contribution in [0.4, 0.5) is 4.39 Å². The molecule has 0 amide bonds. The molecule has 1 N–H and O–H groups in total. The standard InChI is InChI=1S/C19H20BrFO4S/c20-14-4-9-17-18(11-14)25-12-13(3-1-2-10-22)19(17)26(23,24)16-7-5-15(21)6-8-16/h4-9,11,13,19,22H,1-3,10,12H2. The lowest BCUT2D eigenvalue weighted by atomic mass is 9.91. The monoisotopic (exact) mass is 442 g/mol. The molecule has 1 aliphatic heterocycles. The van der Waals surface area contributed by atoms with Crippen molar-refractivity contribution in [1.82, 2.24) is 0 Å². The van der Waals surface area contributed by atoms with E-state index in [0.29, 0.717) is 37.2 Å². The van der Waals surface area contributed by atoms with Crippen molar-refractivity contribution in [2.24, 2.45) is 5.92 Å². The van der Waals surface area contributed by atoms with E-state index < -0.39 is 20.9 Å². The molecule has 2 atom stereocenters. The summed E-state index contributed by atoms with van der Waals surface area (Å²) >= 11 is 3.38. The fourth-order valence-electron chi connectivity index (χ4n) is 3.35. The predicted molar refractivity (Wildman–Crippen MR) is 100 cm³/mol. The molecule has 1 aliphatic rings. The number of rotatable bonds is 6. The highest BCUT2D eigenvalue weighted by atomic mass is 79.9. The van der Waals surface area contributed by atoms with Gasteiger partial charge in [-0.25, -0.2) is 12.8 Å². The summed E-state index contributed by atoms with van der Waals surface area (Å²) in [4.78, 5) is 0.104. The van der Waals surface area contributed by atoms with E-state index in [0.717, 1.165) is 16.6 Å². The van der Waals surface area contributed by atoms with Crippen molar-refractivity contribution in [3.8, 4) is 5.75 Å². The van der Waals surface area contributed by atoms with E-state index in [2.05, 4.69) is 15.9 Å². The van der Waals surface area contributed by atoms with Crippen LogP contribution in [0.25, 0.3) is 0 Å².